The SMILES string of the molecule is CCN(CC)CCCN1C(=O)CCSC1c1ccc(C)o1. The lowest BCUT2D eigenvalue weighted by Gasteiger charge is -2.34. The molecule has 1 aromatic rings. The zero-order valence-corrected chi connectivity index (χ0v) is 14.1. The summed E-state index contributed by atoms with van der Waals surface area (Å²) in [6.07, 6.45) is 1.66. The van der Waals surface area contributed by atoms with Crippen molar-refractivity contribution in [3.63, 3.8) is 0 Å². The van der Waals surface area contributed by atoms with Crippen molar-refractivity contribution < 1.29 is 9.21 Å². The van der Waals surface area contributed by atoms with Crippen molar-refractivity contribution in [3.05, 3.63) is 23.7 Å². The smallest absolute Gasteiger partial charge is 0.224 e. The Bertz CT molecular complexity index is 457. The third-order valence-electron chi connectivity index (χ3n) is 3.97. The van der Waals surface area contributed by atoms with E-state index in [0.29, 0.717) is 6.42 Å². The van der Waals surface area contributed by atoms with Gasteiger partial charge in [-0.05, 0) is 45.1 Å². The topological polar surface area (TPSA) is 36.7 Å². The number of nitrogens with zero attached hydrogens (tertiary/aromatic N) is 2. The van der Waals surface area contributed by atoms with Gasteiger partial charge in [0, 0.05) is 18.7 Å². The summed E-state index contributed by atoms with van der Waals surface area (Å²) in [6.45, 7) is 10.3. The van der Waals surface area contributed by atoms with Crippen LogP contribution in [0.15, 0.2) is 16.5 Å². The molecule has 21 heavy (non-hydrogen) atoms. The molecule has 1 aromatic heterocycles. The van der Waals surface area contributed by atoms with Crippen LogP contribution >= 0.6 is 11.8 Å². The molecule has 1 atom stereocenters. The molecule has 0 aliphatic carbocycles. The summed E-state index contributed by atoms with van der Waals surface area (Å²) < 4.78 is 5.75. The number of carbonyl (C=O) groups is 1. The number of aryl methyl sites for hydroxylation is 1. The molecule has 1 aliphatic heterocycles. The second-order valence-corrected chi connectivity index (χ2v) is 6.58. The second kappa shape index (κ2) is 7.90. The van der Waals surface area contributed by atoms with Crippen molar-refractivity contribution in [1.82, 2.24) is 9.80 Å². The van der Waals surface area contributed by atoms with E-state index in [-0.39, 0.29) is 11.3 Å². The number of hydrogen-bond donors (Lipinski definition) is 0. The molecule has 118 valence electrons. The van der Waals surface area contributed by atoms with Crippen LogP contribution in [0.25, 0.3) is 0 Å². The van der Waals surface area contributed by atoms with E-state index in [9.17, 15) is 4.79 Å². The highest BCUT2D eigenvalue weighted by atomic mass is 32.2. The quantitative estimate of drug-likeness (QED) is 0.774. The minimum atomic E-state index is 0.0525. The molecule has 1 unspecified atom stereocenters. The van der Waals surface area contributed by atoms with Gasteiger partial charge < -0.3 is 14.2 Å². The monoisotopic (exact) mass is 310 g/mol. The van der Waals surface area contributed by atoms with Crippen LogP contribution in [0.3, 0.4) is 0 Å². The average molecular weight is 310 g/mol. The molecule has 0 radical (unpaired) electrons. The fourth-order valence-corrected chi connectivity index (χ4v) is 3.90. The molecule has 1 saturated heterocycles. The Hall–Kier alpha value is -0.940. The summed E-state index contributed by atoms with van der Waals surface area (Å²) in [6, 6.07) is 3.98. The van der Waals surface area contributed by atoms with Crippen LogP contribution in [0.5, 0.6) is 0 Å². The van der Waals surface area contributed by atoms with Crippen molar-refractivity contribution in [2.45, 2.75) is 39.0 Å². The first kappa shape index (κ1) is 16.4. The largest absolute Gasteiger partial charge is 0.463 e. The Morgan fingerprint density at radius 1 is 1.38 bits per heavy atom. The summed E-state index contributed by atoms with van der Waals surface area (Å²) >= 11 is 1.81. The van der Waals surface area contributed by atoms with Gasteiger partial charge in [0.15, 0.2) is 0 Å². The standard InChI is InChI=1S/C16H26N2O2S/c1-4-17(5-2)10-6-11-18-15(19)9-12-21-16(18)14-8-7-13(3)20-14/h7-8,16H,4-6,9-12H2,1-3H3. The van der Waals surface area contributed by atoms with Crippen molar-refractivity contribution >= 4 is 17.7 Å². The van der Waals surface area contributed by atoms with Gasteiger partial charge in [-0.3, -0.25) is 4.79 Å². The molecule has 4 nitrogen and oxygen atoms in total. The van der Waals surface area contributed by atoms with Gasteiger partial charge in [-0.2, -0.15) is 0 Å². The van der Waals surface area contributed by atoms with Crippen molar-refractivity contribution in [1.29, 1.82) is 0 Å². The van der Waals surface area contributed by atoms with Crippen LogP contribution < -0.4 is 0 Å². The zero-order chi connectivity index (χ0) is 15.2. The lowest BCUT2D eigenvalue weighted by Crippen LogP contribution is -2.39. The normalized spacial score (nSPS) is 19.5. The summed E-state index contributed by atoms with van der Waals surface area (Å²) in [5, 5.41) is 0.0525. The molecule has 0 aromatic carbocycles. The molecule has 1 fully saturated rings. The molecular formula is C16H26N2O2S. The summed E-state index contributed by atoms with van der Waals surface area (Å²) in [5.74, 6) is 2.96. The highest BCUT2D eigenvalue weighted by Crippen LogP contribution is 2.38. The van der Waals surface area contributed by atoms with E-state index in [4.69, 9.17) is 4.42 Å². The molecule has 0 spiro atoms. The number of amides is 1. The molecule has 0 N–H and O–H groups in total. The van der Waals surface area contributed by atoms with E-state index >= 15 is 0 Å². The lowest BCUT2D eigenvalue weighted by atomic mass is 10.2. The van der Waals surface area contributed by atoms with Crippen LogP contribution in [0.2, 0.25) is 0 Å². The molecule has 1 aliphatic rings. The highest BCUT2D eigenvalue weighted by molar-refractivity contribution is 7.99. The number of carbonyl (C=O) groups excluding carboxylic acids is 1. The minimum Gasteiger partial charge on any atom is -0.463 e. The molecule has 2 rings (SSSR count). The van der Waals surface area contributed by atoms with Gasteiger partial charge in [0.2, 0.25) is 5.91 Å². The van der Waals surface area contributed by atoms with Crippen molar-refractivity contribution in [3.8, 4) is 0 Å². The maximum Gasteiger partial charge on any atom is 0.224 e. The molecule has 0 saturated carbocycles. The number of furan rings is 1. The van der Waals surface area contributed by atoms with Crippen molar-refractivity contribution in [2.75, 3.05) is 31.9 Å². The first-order chi connectivity index (χ1) is 10.2. The van der Waals surface area contributed by atoms with E-state index in [0.717, 1.165) is 49.9 Å². The average Bonchev–Trinajstić information content (AvgIpc) is 2.91. The van der Waals surface area contributed by atoms with Crippen LogP contribution in [0.4, 0.5) is 0 Å². The van der Waals surface area contributed by atoms with Gasteiger partial charge in [0.25, 0.3) is 0 Å². The number of rotatable bonds is 7. The van der Waals surface area contributed by atoms with E-state index in [1.807, 2.05) is 35.7 Å². The molecule has 2 heterocycles. The molecule has 5 heteroatoms. The third-order valence-corrected chi connectivity index (χ3v) is 5.21. The van der Waals surface area contributed by atoms with Crippen LogP contribution in [-0.4, -0.2) is 47.6 Å². The summed E-state index contributed by atoms with van der Waals surface area (Å²) in [7, 11) is 0. The van der Waals surface area contributed by atoms with Crippen molar-refractivity contribution in [2.24, 2.45) is 0 Å². The Balaban J connectivity index is 1.97. The van der Waals surface area contributed by atoms with E-state index in [2.05, 4.69) is 18.7 Å². The fraction of sp³-hybridized carbons (Fsp3) is 0.688. The lowest BCUT2D eigenvalue weighted by molar-refractivity contribution is -0.132. The maximum absolute atomic E-state index is 12.3. The number of hydrogen-bond acceptors (Lipinski definition) is 4. The van der Waals surface area contributed by atoms with E-state index in [1.165, 1.54) is 0 Å². The van der Waals surface area contributed by atoms with Gasteiger partial charge in [-0.25, -0.2) is 0 Å². The molecule has 0 bridgehead atoms. The fourth-order valence-electron chi connectivity index (χ4n) is 2.69. The van der Waals surface area contributed by atoms with Crippen LogP contribution in [0, 0.1) is 6.92 Å². The molecular weight excluding hydrogens is 284 g/mol. The predicted molar refractivity (Wildman–Crippen MR) is 87.4 cm³/mol. The van der Waals surface area contributed by atoms with Gasteiger partial charge in [-0.15, -0.1) is 11.8 Å². The molecule has 1 amide bonds. The Labute approximate surface area is 131 Å². The van der Waals surface area contributed by atoms with Gasteiger partial charge in [0.05, 0.1) is 0 Å². The highest BCUT2D eigenvalue weighted by Gasteiger charge is 2.31. The summed E-state index contributed by atoms with van der Waals surface area (Å²) in [5.41, 5.74) is 0. The Morgan fingerprint density at radius 3 is 2.76 bits per heavy atom. The predicted octanol–water partition coefficient (Wildman–Crippen LogP) is 3.28. The first-order valence-corrected chi connectivity index (χ1v) is 8.90. The summed E-state index contributed by atoms with van der Waals surface area (Å²) in [4.78, 5) is 16.6. The van der Waals surface area contributed by atoms with Crippen LogP contribution in [-0.2, 0) is 4.79 Å². The second-order valence-electron chi connectivity index (χ2n) is 5.39. The first-order valence-electron chi connectivity index (χ1n) is 7.85. The third kappa shape index (κ3) is 4.27. The van der Waals surface area contributed by atoms with Gasteiger partial charge >= 0.3 is 0 Å². The Kier molecular flexibility index (Phi) is 6.18. The van der Waals surface area contributed by atoms with Gasteiger partial charge in [0.1, 0.15) is 16.9 Å². The Morgan fingerprint density at radius 2 is 2.14 bits per heavy atom. The maximum atomic E-state index is 12.3. The van der Waals surface area contributed by atoms with E-state index in [1.54, 1.807) is 0 Å². The minimum absolute atomic E-state index is 0.0525. The van der Waals surface area contributed by atoms with Crippen LogP contribution in [0.1, 0.15) is 43.6 Å². The van der Waals surface area contributed by atoms with Gasteiger partial charge in [-0.1, -0.05) is 13.8 Å². The van der Waals surface area contributed by atoms with E-state index < -0.39 is 0 Å². The number of thioether (sulfide) groups is 1. The zero-order valence-electron chi connectivity index (χ0n) is 13.3.